The van der Waals surface area contributed by atoms with E-state index in [9.17, 15) is 34.6 Å². The molecule has 2 aliphatic carbocycles. The highest BCUT2D eigenvalue weighted by Gasteiger charge is 2.35. The Balaban J connectivity index is 0.000000137. The number of Topliss-reactive ketones (excluding diaryl/α,β-unsaturated/α-hetero) is 2. The minimum absolute atomic E-state index is 0.0304. The molecule has 85 heavy (non-hydrogen) atoms. The summed E-state index contributed by atoms with van der Waals surface area (Å²) in [4.78, 5) is 80.6. The van der Waals surface area contributed by atoms with Crippen LogP contribution in [0.25, 0.3) is 39.1 Å². The second-order valence-corrected chi connectivity index (χ2v) is 20.6. The van der Waals surface area contributed by atoms with Crippen molar-refractivity contribution in [3.8, 4) is 17.2 Å². The van der Waals surface area contributed by atoms with Gasteiger partial charge in [-0.15, -0.1) is 0 Å². The van der Waals surface area contributed by atoms with Gasteiger partial charge in [-0.2, -0.15) is 0 Å². The van der Waals surface area contributed by atoms with Crippen molar-refractivity contribution in [3.63, 3.8) is 0 Å². The van der Waals surface area contributed by atoms with Gasteiger partial charge in [0.2, 0.25) is 23.3 Å². The number of nitro groups is 2. The van der Waals surface area contributed by atoms with E-state index in [2.05, 4.69) is 24.9 Å². The van der Waals surface area contributed by atoms with Crippen LogP contribution in [0.2, 0.25) is 0 Å². The van der Waals surface area contributed by atoms with Gasteiger partial charge in [0.25, 0.3) is 0 Å². The fraction of sp³-hybridized carbons (Fsp3) is 0.250. The predicted octanol–water partition coefficient (Wildman–Crippen LogP) is 12.2. The predicted molar refractivity (Wildman–Crippen MR) is 328 cm³/mol. The Labute approximate surface area is 490 Å². The molecule has 0 spiro atoms. The lowest BCUT2D eigenvalue weighted by molar-refractivity contribution is -0.383. The van der Waals surface area contributed by atoms with E-state index >= 15 is 0 Å². The average Bonchev–Trinajstić information content (AvgIpc) is 3.47. The first kappa shape index (κ1) is 59.2. The Kier molecular flexibility index (Phi) is 18.3. The molecule has 5 heterocycles. The normalized spacial score (nSPS) is 14.7. The minimum atomic E-state index is -0.529. The number of hydrogen-bond acceptors (Lipinski definition) is 18. The first-order valence-electron chi connectivity index (χ1n) is 27.8. The maximum atomic E-state index is 12.3. The van der Waals surface area contributed by atoms with Crippen LogP contribution >= 0.6 is 0 Å². The summed E-state index contributed by atoms with van der Waals surface area (Å²) < 4.78 is 12.7. The molecule has 4 N–H and O–H groups in total. The number of ketones is 2. The number of nitrogens with two attached hydrogens (primary N) is 2. The third-order valence-electron chi connectivity index (χ3n) is 15.1. The molecule has 0 radical (unpaired) electrons. The van der Waals surface area contributed by atoms with Gasteiger partial charge in [0.15, 0.2) is 11.6 Å². The summed E-state index contributed by atoms with van der Waals surface area (Å²) in [5.74, 6) is 1.37. The number of para-hydroxylation sites is 2. The Hall–Kier alpha value is -10.4. The fourth-order valence-corrected chi connectivity index (χ4v) is 11.3. The number of pyridine rings is 1. The third kappa shape index (κ3) is 12.9. The third-order valence-corrected chi connectivity index (χ3v) is 15.1. The standard InChI is InChI=1S/C21H21NO4.C19H13NO.C13H13N5O2.C11H17N5O2/c1-5-25-17-8-6-16(7-9-17)22-13(2)21(14(3)23)19-12-18(26-15(4)24)10-11-20(19)22;21-19-12-13-5-1-2-6-15(13)17(19)11-14-9-10-20-18-8-4-3-7-16(14)18;1-8-6-9-4-2-3-5-10(9)17(8)13-11(18(19)20)12(14)15-7-16-13;1-15(8-5-3-2-4-6-8)11-9(16(17)18)10(12)13-7-14-11/h6-12H,5H2,1-4H3;1-11H,12H2;2-5,7-8H,6H2,1H3,(H2,14,15,16);7-8H,2-6H2,1H3,(H2,12,13,14)/b;17-11-;;. The SMILES string of the molecule is CC1Cc2ccccc2N1c1ncnc(N)c1[N+](=O)[O-].CCOc1ccc(-n2c(C)c(C(C)=O)c3cc(OC(C)=O)ccc32)cc1.CN(c1ncnc(N)c1[N+](=O)[O-])C1CCCCC1.O=C1Cc2ccccc2/C1=C/c1ccnc2ccccc12. The highest BCUT2D eigenvalue weighted by molar-refractivity contribution is 6.30. The van der Waals surface area contributed by atoms with Crippen LogP contribution in [-0.4, -0.2) is 82.6 Å². The Bertz CT molecular complexity index is 4020. The number of allylic oxidation sites excluding steroid dienone is 1. The molecule has 1 aliphatic heterocycles. The van der Waals surface area contributed by atoms with Crippen molar-refractivity contribution in [2.75, 3.05) is 34.9 Å². The van der Waals surface area contributed by atoms with Gasteiger partial charge < -0.3 is 35.3 Å². The number of anilines is 5. The summed E-state index contributed by atoms with van der Waals surface area (Å²) >= 11 is 0. The monoisotopic (exact) mass is 1140 g/mol. The zero-order valence-electron chi connectivity index (χ0n) is 48.0. The first-order chi connectivity index (χ1) is 40.9. The van der Waals surface area contributed by atoms with Crippen LogP contribution in [0.15, 0.2) is 140 Å². The number of fused-ring (bicyclic) bond motifs is 4. The van der Waals surface area contributed by atoms with Gasteiger partial charge in [-0.3, -0.25) is 39.6 Å². The van der Waals surface area contributed by atoms with Gasteiger partial charge in [0, 0.05) is 77.7 Å². The van der Waals surface area contributed by atoms with Crippen molar-refractivity contribution >= 4 is 91.3 Å². The van der Waals surface area contributed by atoms with E-state index in [0.717, 1.165) is 105 Å². The van der Waals surface area contributed by atoms with E-state index in [1.807, 2.05) is 157 Å². The second kappa shape index (κ2) is 26.2. The lowest BCUT2D eigenvalue weighted by atomic mass is 9.94. The molecule has 1 fully saturated rings. The van der Waals surface area contributed by atoms with Crippen molar-refractivity contribution in [2.45, 2.75) is 91.6 Å². The number of ether oxygens (including phenoxy) is 2. The number of hydrogen-bond donors (Lipinski definition) is 2. The molecule has 1 unspecified atom stereocenters. The molecule has 5 aromatic carbocycles. The van der Waals surface area contributed by atoms with E-state index in [1.54, 1.807) is 25.3 Å². The molecule has 0 bridgehead atoms. The maximum absolute atomic E-state index is 12.3. The lowest BCUT2D eigenvalue weighted by Gasteiger charge is -2.31. The molecule has 1 atom stereocenters. The van der Waals surface area contributed by atoms with Crippen molar-refractivity contribution in [1.29, 1.82) is 0 Å². The molecular formula is C64H64N12O9. The van der Waals surface area contributed by atoms with Gasteiger partial charge in [-0.25, -0.2) is 19.9 Å². The molecule has 4 aromatic heterocycles. The largest absolute Gasteiger partial charge is 0.494 e. The maximum Gasteiger partial charge on any atom is 0.353 e. The summed E-state index contributed by atoms with van der Waals surface area (Å²) in [6.07, 6.45) is 13.3. The average molecular weight is 1150 g/mol. The number of nitrogens with zero attached hydrogens (tertiary/aromatic N) is 10. The zero-order valence-corrected chi connectivity index (χ0v) is 48.0. The van der Waals surface area contributed by atoms with Crippen LogP contribution < -0.4 is 30.7 Å². The first-order valence-corrected chi connectivity index (χ1v) is 27.8. The van der Waals surface area contributed by atoms with Crippen molar-refractivity contribution in [3.05, 3.63) is 194 Å². The van der Waals surface area contributed by atoms with Gasteiger partial charge in [-0.1, -0.05) is 79.9 Å². The lowest BCUT2D eigenvalue weighted by Crippen LogP contribution is -2.34. The number of benzene rings is 5. The van der Waals surface area contributed by atoms with Crippen molar-refractivity contribution in [2.24, 2.45) is 0 Å². The van der Waals surface area contributed by atoms with E-state index in [-0.39, 0.29) is 46.4 Å². The van der Waals surface area contributed by atoms with Gasteiger partial charge in [0.05, 0.1) is 27.5 Å². The minimum Gasteiger partial charge on any atom is -0.494 e. The number of rotatable bonds is 11. The van der Waals surface area contributed by atoms with Crippen LogP contribution in [0.1, 0.15) is 98.1 Å². The van der Waals surface area contributed by atoms with Gasteiger partial charge in [0.1, 0.15) is 24.2 Å². The topological polar surface area (TPSA) is 284 Å². The number of esters is 1. The second-order valence-electron chi connectivity index (χ2n) is 20.6. The molecule has 0 amide bonds. The number of nitrogen functional groups attached to an aromatic ring is 2. The summed E-state index contributed by atoms with van der Waals surface area (Å²) in [5, 5.41) is 24.1. The van der Waals surface area contributed by atoms with Crippen LogP contribution in [0.5, 0.6) is 11.5 Å². The van der Waals surface area contributed by atoms with Crippen molar-refractivity contribution in [1.82, 2.24) is 29.5 Å². The van der Waals surface area contributed by atoms with Crippen LogP contribution in [0.4, 0.5) is 40.3 Å². The highest BCUT2D eigenvalue weighted by atomic mass is 16.6. The summed E-state index contributed by atoms with van der Waals surface area (Å²) in [6, 6.07) is 39.2. The Morgan fingerprint density at radius 1 is 0.765 bits per heavy atom. The smallest absolute Gasteiger partial charge is 0.353 e. The van der Waals surface area contributed by atoms with E-state index < -0.39 is 15.8 Å². The van der Waals surface area contributed by atoms with Crippen LogP contribution in [0.3, 0.4) is 0 Å². The van der Waals surface area contributed by atoms with Gasteiger partial charge >= 0.3 is 17.3 Å². The zero-order chi connectivity index (χ0) is 60.5. The molecular weight excluding hydrogens is 1080 g/mol. The molecule has 434 valence electrons. The van der Waals surface area contributed by atoms with Crippen LogP contribution in [-0.2, 0) is 22.4 Å². The van der Waals surface area contributed by atoms with Crippen molar-refractivity contribution < 1.29 is 33.7 Å². The molecule has 1 saturated carbocycles. The Morgan fingerprint density at radius 2 is 1.41 bits per heavy atom. The highest BCUT2D eigenvalue weighted by Crippen LogP contribution is 2.42. The number of carbonyl (C=O) groups is 3. The molecule has 21 heteroatoms. The number of aromatic nitrogens is 6. The molecule has 21 nitrogen and oxygen atoms in total. The van der Waals surface area contributed by atoms with E-state index in [0.29, 0.717) is 36.2 Å². The molecule has 9 aromatic rings. The quantitative estimate of drug-likeness (QED) is 0.0304. The Morgan fingerprint density at radius 3 is 2.11 bits per heavy atom. The van der Waals surface area contributed by atoms with E-state index in [4.69, 9.17) is 20.9 Å². The molecule has 3 aliphatic rings. The summed E-state index contributed by atoms with van der Waals surface area (Å²) in [7, 11) is 1.84. The van der Waals surface area contributed by atoms with Crippen LogP contribution in [0, 0.1) is 27.2 Å². The number of carbonyl (C=O) groups excluding carboxylic acids is 3. The fourth-order valence-electron chi connectivity index (χ4n) is 11.3. The van der Waals surface area contributed by atoms with E-state index in [1.165, 1.54) is 26.0 Å². The summed E-state index contributed by atoms with van der Waals surface area (Å²) in [5.41, 5.74) is 21.1. The molecule has 12 rings (SSSR count). The summed E-state index contributed by atoms with van der Waals surface area (Å²) in [6.45, 7) is 9.37. The van der Waals surface area contributed by atoms with Gasteiger partial charge in [-0.05, 0) is 136 Å². The molecule has 0 saturated heterocycles.